The van der Waals surface area contributed by atoms with E-state index in [1.165, 1.54) is 16.9 Å². The molecule has 0 bridgehead atoms. The molecule has 0 N–H and O–H groups in total. The number of thiazole rings is 1. The number of amides is 1. The van der Waals surface area contributed by atoms with Crippen LogP contribution >= 0.6 is 11.3 Å². The smallest absolute Gasteiger partial charge is 0.283 e. The van der Waals surface area contributed by atoms with E-state index in [1.807, 2.05) is 47.0 Å². The third kappa shape index (κ3) is 3.25. The Balaban J connectivity index is 1.89. The maximum atomic E-state index is 13.1. The molecule has 0 saturated heterocycles. The van der Waals surface area contributed by atoms with Gasteiger partial charge in [-0.05, 0) is 47.5 Å². The summed E-state index contributed by atoms with van der Waals surface area (Å²) in [5, 5.41) is 2.00. The number of rotatable bonds is 4. The average Bonchev–Trinajstić information content (AvgIpc) is 3.03. The summed E-state index contributed by atoms with van der Waals surface area (Å²) in [6, 6.07) is 17.8. The molecular weight excluding hydrogens is 368 g/mol. The molecule has 0 aliphatic rings. The van der Waals surface area contributed by atoms with Crippen LogP contribution in [0.25, 0.3) is 21.0 Å². The van der Waals surface area contributed by atoms with E-state index in [2.05, 4.69) is 36.7 Å². The van der Waals surface area contributed by atoms with Gasteiger partial charge in [-0.2, -0.15) is 4.99 Å². The zero-order valence-corrected chi connectivity index (χ0v) is 16.6. The van der Waals surface area contributed by atoms with Crippen LogP contribution in [-0.4, -0.2) is 17.6 Å². The van der Waals surface area contributed by atoms with Crippen LogP contribution in [-0.2, 0) is 6.54 Å². The summed E-state index contributed by atoms with van der Waals surface area (Å²) in [4.78, 5) is 18.2. The molecule has 4 rings (SSSR count). The molecule has 0 aliphatic carbocycles. The highest BCUT2D eigenvalue weighted by molar-refractivity contribution is 7.16. The Labute approximate surface area is 167 Å². The highest BCUT2D eigenvalue weighted by Crippen LogP contribution is 2.27. The van der Waals surface area contributed by atoms with Crippen LogP contribution < -0.4 is 9.54 Å². The van der Waals surface area contributed by atoms with Gasteiger partial charge in [0, 0.05) is 6.54 Å². The van der Waals surface area contributed by atoms with E-state index in [0.717, 1.165) is 21.0 Å². The van der Waals surface area contributed by atoms with Gasteiger partial charge in [0.1, 0.15) is 5.75 Å². The van der Waals surface area contributed by atoms with Crippen molar-refractivity contribution in [1.82, 2.24) is 4.57 Å². The molecule has 0 aliphatic heterocycles. The maximum Gasteiger partial charge on any atom is 0.283 e. The number of fused-ring (bicyclic) bond motifs is 2. The minimum absolute atomic E-state index is 0.316. The number of aromatic nitrogens is 1. The van der Waals surface area contributed by atoms with E-state index < -0.39 is 0 Å². The van der Waals surface area contributed by atoms with Crippen molar-refractivity contribution in [2.45, 2.75) is 13.5 Å². The number of methoxy groups -OCH3 is 1. The van der Waals surface area contributed by atoms with E-state index in [-0.39, 0.29) is 5.91 Å². The molecule has 1 aromatic heterocycles. The molecule has 1 amide bonds. The van der Waals surface area contributed by atoms with Gasteiger partial charge in [-0.3, -0.25) is 4.79 Å². The topological polar surface area (TPSA) is 43.6 Å². The van der Waals surface area contributed by atoms with Gasteiger partial charge in [0.15, 0.2) is 4.80 Å². The standard InChI is InChI=1S/C23H20N2O2S/c1-4-11-25-19-10-9-15(2)12-21(19)28-23(25)24-22(26)18-13-16-7-5-6-8-17(16)14-20(18)27-3/h4-10,12-14H,1,11H2,2-3H3. The van der Waals surface area contributed by atoms with Crippen molar-refractivity contribution >= 4 is 38.2 Å². The van der Waals surface area contributed by atoms with Gasteiger partial charge in [0.05, 0.1) is 22.9 Å². The largest absolute Gasteiger partial charge is 0.496 e. The fourth-order valence-corrected chi connectivity index (χ4v) is 4.41. The SMILES string of the molecule is C=CCn1c(=NC(=O)c2cc3ccccc3cc2OC)sc2cc(C)ccc21. The molecule has 0 radical (unpaired) electrons. The molecule has 0 atom stereocenters. The summed E-state index contributed by atoms with van der Waals surface area (Å²) in [6.45, 7) is 6.48. The Morgan fingerprint density at radius 3 is 2.64 bits per heavy atom. The minimum Gasteiger partial charge on any atom is -0.496 e. The van der Waals surface area contributed by atoms with Crippen LogP contribution in [0.5, 0.6) is 5.75 Å². The number of carbonyl (C=O) groups excluding carboxylic acids is 1. The van der Waals surface area contributed by atoms with Crippen molar-refractivity contribution in [2.75, 3.05) is 7.11 Å². The summed E-state index contributed by atoms with van der Waals surface area (Å²) in [6.07, 6.45) is 1.81. The lowest BCUT2D eigenvalue weighted by Crippen LogP contribution is -2.16. The lowest BCUT2D eigenvalue weighted by atomic mass is 10.1. The van der Waals surface area contributed by atoms with Crippen molar-refractivity contribution in [3.05, 3.63) is 83.2 Å². The zero-order chi connectivity index (χ0) is 19.7. The van der Waals surface area contributed by atoms with Crippen LogP contribution in [0.15, 0.2) is 72.2 Å². The first-order valence-electron chi connectivity index (χ1n) is 8.97. The van der Waals surface area contributed by atoms with Crippen molar-refractivity contribution < 1.29 is 9.53 Å². The number of carbonyl (C=O) groups is 1. The van der Waals surface area contributed by atoms with Gasteiger partial charge in [0.25, 0.3) is 5.91 Å². The zero-order valence-electron chi connectivity index (χ0n) is 15.8. The Kier molecular flexibility index (Phi) is 4.84. The van der Waals surface area contributed by atoms with Gasteiger partial charge in [-0.25, -0.2) is 0 Å². The highest BCUT2D eigenvalue weighted by atomic mass is 32.1. The molecule has 1 heterocycles. The van der Waals surface area contributed by atoms with Crippen LogP contribution in [0.3, 0.4) is 0 Å². The first-order valence-corrected chi connectivity index (χ1v) is 9.79. The fraction of sp³-hybridized carbons (Fsp3) is 0.130. The molecule has 3 aromatic carbocycles. The third-order valence-corrected chi connectivity index (χ3v) is 5.69. The second kappa shape index (κ2) is 7.44. The molecule has 28 heavy (non-hydrogen) atoms. The van der Waals surface area contributed by atoms with E-state index in [1.54, 1.807) is 7.11 Å². The van der Waals surface area contributed by atoms with Gasteiger partial charge in [0.2, 0.25) is 0 Å². The van der Waals surface area contributed by atoms with E-state index >= 15 is 0 Å². The van der Waals surface area contributed by atoms with E-state index in [9.17, 15) is 4.79 Å². The normalized spacial score (nSPS) is 11.9. The van der Waals surface area contributed by atoms with E-state index in [0.29, 0.717) is 22.7 Å². The fourth-order valence-electron chi connectivity index (χ4n) is 3.27. The predicted molar refractivity (Wildman–Crippen MR) is 115 cm³/mol. The number of ether oxygens (including phenoxy) is 1. The van der Waals surface area contributed by atoms with Gasteiger partial charge >= 0.3 is 0 Å². The summed E-state index contributed by atoms with van der Waals surface area (Å²) in [5.41, 5.74) is 2.68. The number of allylic oxidation sites excluding steroid dienone is 1. The van der Waals surface area contributed by atoms with Crippen LogP contribution in [0.4, 0.5) is 0 Å². The highest BCUT2D eigenvalue weighted by Gasteiger charge is 2.14. The van der Waals surface area contributed by atoms with Crippen LogP contribution in [0.1, 0.15) is 15.9 Å². The second-order valence-corrected chi connectivity index (χ2v) is 7.58. The maximum absolute atomic E-state index is 13.1. The Hall–Kier alpha value is -3.18. The van der Waals surface area contributed by atoms with Crippen molar-refractivity contribution in [3.63, 3.8) is 0 Å². The predicted octanol–water partition coefficient (Wildman–Crippen LogP) is 5.10. The van der Waals surface area contributed by atoms with E-state index in [4.69, 9.17) is 4.74 Å². The summed E-state index contributed by atoms with van der Waals surface area (Å²) < 4.78 is 8.57. The van der Waals surface area contributed by atoms with Gasteiger partial charge < -0.3 is 9.30 Å². The average molecular weight is 388 g/mol. The molecule has 0 fully saturated rings. The van der Waals surface area contributed by atoms with Crippen LogP contribution in [0, 0.1) is 6.92 Å². The number of hydrogen-bond donors (Lipinski definition) is 0. The molecule has 4 nitrogen and oxygen atoms in total. The number of benzene rings is 3. The molecular formula is C23H20N2O2S. The quantitative estimate of drug-likeness (QED) is 0.457. The van der Waals surface area contributed by atoms with Gasteiger partial charge in [-0.15, -0.1) is 6.58 Å². The lowest BCUT2D eigenvalue weighted by Gasteiger charge is -2.08. The minimum atomic E-state index is -0.316. The Morgan fingerprint density at radius 2 is 1.93 bits per heavy atom. The molecule has 0 saturated carbocycles. The lowest BCUT2D eigenvalue weighted by molar-refractivity contribution is 0.0995. The molecule has 0 unspecified atom stereocenters. The summed E-state index contributed by atoms with van der Waals surface area (Å²) >= 11 is 1.50. The number of hydrogen-bond acceptors (Lipinski definition) is 3. The first kappa shape index (κ1) is 18.2. The van der Waals surface area contributed by atoms with Crippen molar-refractivity contribution in [2.24, 2.45) is 4.99 Å². The monoisotopic (exact) mass is 388 g/mol. The summed E-state index contributed by atoms with van der Waals surface area (Å²) in [7, 11) is 1.57. The molecule has 140 valence electrons. The summed E-state index contributed by atoms with van der Waals surface area (Å²) in [5.74, 6) is 0.211. The Morgan fingerprint density at radius 1 is 1.18 bits per heavy atom. The molecule has 5 heteroatoms. The number of aryl methyl sites for hydroxylation is 1. The van der Waals surface area contributed by atoms with Crippen molar-refractivity contribution in [1.29, 1.82) is 0 Å². The second-order valence-electron chi connectivity index (χ2n) is 6.57. The Bertz CT molecular complexity index is 1280. The van der Waals surface area contributed by atoms with Crippen molar-refractivity contribution in [3.8, 4) is 5.75 Å². The first-order chi connectivity index (χ1) is 13.6. The van der Waals surface area contributed by atoms with Crippen LogP contribution in [0.2, 0.25) is 0 Å². The third-order valence-electron chi connectivity index (χ3n) is 4.65. The molecule has 0 spiro atoms. The van der Waals surface area contributed by atoms with Gasteiger partial charge in [-0.1, -0.05) is 47.7 Å². The molecule has 4 aromatic rings. The number of nitrogens with zero attached hydrogens (tertiary/aromatic N) is 2.